The topological polar surface area (TPSA) is 52.7 Å². The van der Waals surface area contributed by atoms with E-state index < -0.39 is 0 Å². The fraction of sp³-hybridized carbons (Fsp3) is 0.238. The van der Waals surface area contributed by atoms with Crippen molar-refractivity contribution in [3.05, 3.63) is 65.2 Å². The fourth-order valence-electron chi connectivity index (χ4n) is 3.47. The van der Waals surface area contributed by atoms with Crippen LogP contribution in [0.15, 0.2) is 54.1 Å². The van der Waals surface area contributed by atoms with E-state index in [2.05, 4.69) is 22.5 Å². The molecule has 132 valence electrons. The van der Waals surface area contributed by atoms with Crippen molar-refractivity contribution in [3.8, 4) is 0 Å². The van der Waals surface area contributed by atoms with Crippen LogP contribution in [-0.2, 0) is 9.59 Å². The van der Waals surface area contributed by atoms with Crippen molar-refractivity contribution < 1.29 is 9.59 Å². The maximum atomic E-state index is 12.7. The van der Waals surface area contributed by atoms with E-state index >= 15 is 0 Å². The molecule has 0 unspecified atom stereocenters. The summed E-state index contributed by atoms with van der Waals surface area (Å²) in [6.07, 6.45) is 4.15. The smallest absolute Gasteiger partial charge is 0.282 e. The molecule has 2 saturated heterocycles. The Morgan fingerprint density at radius 2 is 1.69 bits per heavy atom. The Bertz CT molecular complexity index is 883. The molecule has 5 nitrogen and oxygen atoms in total. The lowest BCUT2D eigenvalue weighted by Crippen LogP contribution is -2.35. The number of carbonyl (C=O) groups excluding carboxylic acids is 2. The highest BCUT2D eigenvalue weighted by molar-refractivity contribution is 6.31. The number of aryl methyl sites for hydroxylation is 1. The minimum Gasteiger partial charge on any atom is -0.372 e. The maximum absolute atomic E-state index is 12.7. The van der Waals surface area contributed by atoms with Crippen molar-refractivity contribution in [2.24, 2.45) is 0 Å². The van der Waals surface area contributed by atoms with Crippen molar-refractivity contribution in [1.82, 2.24) is 5.43 Å². The van der Waals surface area contributed by atoms with E-state index in [1.165, 1.54) is 23.5 Å². The summed E-state index contributed by atoms with van der Waals surface area (Å²) < 4.78 is 0. The molecule has 5 heteroatoms. The van der Waals surface area contributed by atoms with Crippen LogP contribution >= 0.6 is 0 Å². The van der Waals surface area contributed by atoms with Gasteiger partial charge in [0, 0.05) is 18.8 Å². The molecule has 0 atom stereocenters. The van der Waals surface area contributed by atoms with Gasteiger partial charge < -0.3 is 4.90 Å². The summed E-state index contributed by atoms with van der Waals surface area (Å²) in [7, 11) is 0. The monoisotopic (exact) mass is 347 g/mol. The zero-order valence-electron chi connectivity index (χ0n) is 14.7. The van der Waals surface area contributed by atoms with Crippen LogP contribution in [0.3, 0.4) is 0 Å². The Morgan fingerprint density at radius 3 is 2.38 bits per heavy atom. The number of rotatable bonds is 3. The average Bonchev–Trinajstić information content (AvgIpc) is 3.28. The van der Waals surface area contributed by atoms with Gasteiger partial charge in [0.2, 0.25) is 0 Å². The van der Waals surface area contributed by atoms with Gasteiger partial charge in [-0.15, -0.1) is 0 Å². The Balaban J connectivity index is 1.61. The summed E-state index contributed by atoms with van der Waals surface area (Å²) in [5.41, 5.74) is 6.59. The van der Waals surface area contributed by atoms with Gasteiger partial charge in [-0.2, -0.15) is 0 Å². The molecule has 26 heavy (non-hydrogen) atoms. The van der Waals surface area contributed by atoms with Crippen LogP contribution in [-0.4, -0.2) is 24.9 Å². The molecule has 2 amide bonds. The normalized spacial score (nSPS) is 18.7. The van der Waals surface area contributed by atoms with Crippen molar-refractivity contribution in [2.75, 3.05) is 23.0 Å². The molecule has 2 aromatic carbocycles. The van der Waals surface area contributed by atoms with Gasteiger partial charge in [-0.05, 0) is 61.2 Å². The van der Waals surface area contributed by atoms with E-state index in [0.717, 1.165) is 24.2 Å². The van der Waals surface area contributed by atoms with Gasteiger partial charge in [-0.3, -0.25) is 15.0 Å². The third-order valence-electron chi connectivity index (χ3n) is 4.93. The van der Waals surface area contributed by atoms with Crippen molar-refractivity contribution in [1.29, 1.82) is 0 Å². The van der Waals surface area contributed by atoms with Crippen LogP contribution in [0.4, 0.5) is 11.4 Å². The number of nitrogens with zero attached hydrogens (tertiary/aromatic N) is 2. The molecule has 0 aromatic heterocycles. The predicted octanol–water partition coefficient (Wildman–Crippen LogP) is 3.06. The maximum Gasteiger partial charge on any atom is 0.282 e. The lowest BCUT2D eigenvalue weighted by atomic mass is 10.0. The first-order valence-electron chi connectivity index (χ1n) is 8.91. The molecule has 1 N–H and O–H groups in total. The third kappa shape index (κ3) is 2.96. The van der Waals surface area contributed by atoms with E-state index in [4.69, 9.17) is 0 Å². The van der Waals surface area contributed by atoms with E-state index in [1.54, 1.807) is 18.2 Å². The second-order valence-corrected chi connectivity index (χ2v) is 6.71. The average molecular weight is 347 g/mol. The summed E-state index contributed by atoms with van der Waals surface area (Å²) in [6, 6.07) is 15.3. The number of hydrogen-bond donors (Lipinski definition) is 1. The predicted molar refractivity (Wildman–Crippen MR) is 103 cm³/mol. The SMILES string of the molecule is Cc1cc(N2CCCC2)ccc1/C=C1/C(=O)NN(c2ccccc2)C1=O. The summed E-state index contributed by atoms with van der Waals surface area (Å²) in [5.74, 6) is -0.703. The van der Waals surface area contributed by atoms with E-state index in [0.29, 0.717) is 5.69 Å². The number of para-hydroxylation sites is 1. The molecule has 0 aliphatic carbocycles. The highest BCUT2D eigenvalue weighted by Crippen LogP contribution is 2.26. The largest absolute Gasteiger partial charge is 0.372 e. The standard InChI is InChI=1S/C21H21N3O2/c1-15-13-18(23-11-5-6-12-23)10-9-16(15)14-19-20(25)22-24(21(19)26)17-7-3-2-4-8-17/h2-4,7-10,13-14H,5-6,11-12H2,1H3,(H,22,25)/b19-14-. The number of benzene rings is 2. The molecule has 0 bridgehead atoms. The molecule has 2 aromatic rings. The number of hydrazine groups is 1. The molecule has 2 aliphatic heterocycles. The van der Waals surface area contributed by atoms with Crippen LogP contribution in [0.5, 0.6) is 0 Å². The van der Waals surface area contributed by atoms with Crippen LogP contribution in [0.2, 0.25) is 0 Å². The molecule has 2 aliphatic rings. The van der Waals surface area contributed by atoms with Crippen molar-refractivity contribution >= 4 is 29.3 Å². The van der Waals surface area contributed by atoms with Crippen LogP contribution in [0, 0.1) is 6.92 Å². The first-order chi connectivity index (χ1) is 12.6. The number of hydrogen-bond acceptors (Lipinski definition) is 3. The minimum absolute atomic E-state index is 0.158. The van der Waals surface area contributed by atoms with Gasteiger partial charge in [0.05, 0.1) is 5.69 Å². The van der Waals surface area contributed by atoms with Gasteiger partial charge in [0.25, 0.3) is 11.8 Å². The van der Waals surface area contributed by atoms with E-state index in [1.807, 2.05) is 31.2 Å². The molecule has 2 heterocycles. The zero-order chi connectivity index (χ0) is 18.1. The lowest BCUT2D eigenvalue weighted by molar-refractivity contribution is -0.117. The highest BCUT2D eigenvalue weighted by Gasteiger charge is 2.34. The fourth-order valence-corrected chi connectivity index (χ4v) is 3.47. The molecule has 2 fully saturated rings. The molecular formula is C21H21N3O2. The molecule has 0 saturated carbocycles. The number of amides is 2. The second kappa shape index (κ2) is 6.67. The summed E-state index contributed by atoms with van der Waals surface area (Å²) in [5, 5.41) is 1.29. The second-order valence-electron chi connectivity index (χ2n) is 6.71. The number of nitrogens with one attached hydrogen (secondary N) is 1. The molecular weight excluding hydrogens is 326 g/mol. The van der Waals surface area contributed by atoms with Gasteiger partial charge in [0.15, 0.2) is 0 Å². The lowest BCUT2D eigenvalue weighted by Gasteiger charge is -2.18. The van der Waals surface area contributed by atoms with Crippen molar-refractivity contribution in [2.45, 2.75) is 19.8 Å². The van der Waals surface area contributed by atoms with Gasteiger partial charge >= 0.3 is 0 Å². The molecule has 4 rings (SSSR count). The van der Waals surface area contributed by atoms with Gasteiger partial charge in [0.1, 0.15) is 5.57 Å². The Morgan fingerprint density at radius 1 is 0.962 bits per heavy atom. The van der Waals surface area contributed by atoms with Gasteiger partial charge in [-0.1, -0.05) is 24.3 Å². The molecule has 0 radical (unpaired) electrons. The Labute approximate surface area is 152 Å². The summed E-state index contributed by atoms with van der Waals surface area (Å²) >= 11 is 0. The van der Waals surface area contributed by atoms with Crippen molar-refractivity contribution in [3.63, 3.8) is 0 Å². The van der Waals surface area contributed by atoms with E-state index in [-0.39, 0.29) is 17.4 Å². The van der Waals surface area contributed by atoms with Crippen LogP contribution < -0.4 is 15.3 Å². The first kappa shape index (κ1) is 16.4. The zero-order valence-corrected chi connectivity index (χ0v) is 14.7. The number of carbonyl (C=O) groups is 2. The summed E-state index contributed by atoms with van der Waals surface area (Å²) in [4.78, 5) is 27.4. The van der Waals surface area contributed by atoms with Gasteiger partial charge in [-0.25, -0.2) is 5.01 Å². The first-order valence-corrected chi connectivity index (χ1v) is 8.91. The quantitative estimate of drug-likeness (QED) is 0.686. The molecule has 0 spiro atoms. The number of anilines is 2. The third-order valence-corrected chi connectivity index (χ3v) is 4.93. The Hall–Kier alpha value is -3.08. The highest BCUT2D eigenvalue weighted by atomic mass is 16.2. The van der Waals surface area contributed by atoms with E-state index in [9.17, 15) is 9.59 Å². The Kier molecular flexibility index (Phi) is 4.21. The summed E-state index contributed by atoms with van der Waals surface area (Å²) in [6.45, 7) is 4.19. The van der Waals surface area contributed by atoms with Crippen LogP contribution in [0.1, 0.15) is 24.0 Å². The van der Waals surface area contributed by atoms with Crippen LogP contribution in [0.25, 0.3) is 6.08 Å². The minimum atomic E-state index is -0.373.